The van der Waals surface area contributed by atoms with Crippen LogP contribution in [-0.2, 0) is 0 Å². The van der Waals surface area contributed by atoms with Crippen molar-refractivity contribution in [1.29, 1.82) is 0 Å². The first-order valence-electron chi connectivity index (χ1n) is 16.6. The quantitative estimate of drug-likeness (QED) is 0.184. The molecule has 0 bridgehead atoms. The number of para-hydroxylation sites is 6. The van der Waals surface area contributed by atoms with Gasteiger partial charge in [0.1, 0.15) is 34.9 Å². The van der Waals surface area contributed by atoms with Crippen molar-refractivity contribution >= 4 is 43.9 Å². The summed E-state index contributed by atoms with van der Waals surface area (Å²) in [6.45, 7) is 0. The molecule has 0 saturated heterocycles. The van der Waals surface area contributed by atoms with Gasteiger partial charge >= 0.3 is 0 Å². The summed E-state index contributed by atoms with van der Waals surface area (Å²) in [7, 11) is 0. The molecule has 8 heteroatoms. The highest BCUT2D eigenvalue weighted by molar-refractivity contribution is 6.09. The molecule has 0 aliphatic carbocycles. The van der Waals surface area contributed by atoms with Crippen molar-refractivity contribution in [2.24, 2.45) is 0 Å². The third-order valence-electron chi connectivity index (χ3n) is 9.37. The van der Waals surface area contributed by atoms with Crippen LogP contribution in [0.1, 0.15) is 0 Å². The Kier molecular flexibility index (Phi) is 6.44. The lowest BCUT2D eigenvalue weighted by Crippen LogP contribution is -2.08. The summed E-state index contributed by atoms with van der Waals surface area (Å²) in [5, 5.41) is 2.24. The number of hydrogen-bond acceptors (Lipinski definition) is 3. The fourth-order valence-electron chi connectivity index (χ4n) is 7.21. The van der Waals surface area contributed by atoms with Crippen molar-refractivity contribution in [3.05, 3.63) is 169 Å². The lowest BCUT2D eigenvalue weighted by molar-refractivity contribution is 0.627. The van der Waals surface area contributed by atoms with Crippen LogP contribution in [-0.4, -0.2) is 28.7 Å². The number of pyridine rings is 1. The molecule has 0 saturated carbocycles. The fraction of sp³-hybridized carbons (Fsp3) is 0. The molecule has 0 atom stereocenters. The average molecular weight is 665 g/mol. The summed E-state index contributed by atoms with van der Waals surface area (Å²) in [6, 6.07) is 49.3. The van der Waals surface area contributed by atoms with Gasteiger partial charge in [-0.25, -0.2) is 23.7 Å². The molecule has 0 fully saturated rings. The van der Waals surface area contributed by atoms with Crippen molar-refractivity contribution in [1.82, 2.24) is 28.7 Å². The van der Waals surface area contributed by atoms with Gasteiger partial charge in [0.25, 0.3) is 0 Å². The van der Waals surface area contributed by atoms with Gasteiger partial charge in [0.2, 0.25) is 0 Å². The highest BCUT2D eigenvalue weighted by Crippen LogP contribution is 2.36. The molecule has 0 N–H and O–H groups in total. The normalized spacial score (nSPS) is 11.7. The van der Waals surface area contributed by atoms with E-state index in [0.29, 0.717) is 34.4 Å². The Morgan fingerprint density at radius 3 is 1.27 bits per heavy atom. The molecule has 4 heterocycles. The smallest absolute Gasteiger partial charge is 0.147 e. The molecule has 0 spiro atoms. The molecule has 0 aliphatic rings. The van der Waals surface area contributed by atoms with Crippen LogP contribution in [0, 0.1) is 11.6 Å². The topological polar surface area (TPSA) is 53.5 Å². The third-order valence-corrected chi connectivity index (χ3v) is 9.37. The lowest BCUT2D eigenvalue weighted by atomic mass is 10.2. The second-order valence-electron chi connectivity index (χ2n) is 12.5. The largest absolute Gasteiger partial charge is 0.309 e. The number of imidazole rings is 2. The zero-order valence-corrected chi connectivity index (χ0v) is 27.0. The van der Waals surface area contributed by atoms with Crippen LogP contribution in [0.4, 0.5) is 8.78 Å². The van der Waals surface area contributed by atoms with Crippen LogP contribution in [0.3, 0.4) is 0 Å². The van der Waals surface area contributed by atoms with E-state index in [1.807, 2.05) is 106 Å². The molecule has 0 aliphatic heterocycles. The standard InChI is InChI=1S/C43H26F2N6/c44-29-13-9-11-27(23-29)42-46-34-17-3-7-21-38(34)50(42)40-25-31(49-36-19-5-1-15-32(36)33-16-2-6-20-37(33)49)26-41(48-40)51-39-22-8-4-18-35(39)47-43(51)28-12-10-14-30(45)24-28/h1-26H. The first-order chi connectivity index (χ1) is 25.1. The average Bonchev–Trinajstić information content (AvgIpc) is 3.85. The van der Waals surface area contributed by atoms with Crippen molar-refractivity contribution in [2.45, 2.75) is 0 Å². The Hall–Kier alpha value is -6.93. The van der Waals surface area contributed by atoms with Gasteiger partial charge in [-0.2, -0.15) is 0 Å². The highest BCUT2D eigenvalue weighted by Gasteiger charge is 2.22. The second kappa shape index (κ2) is 11.3. The van der Waals surface area contributed by atoms with Gasteiger partial charge < -0.3 is 4.57 Å². The molecule has 6 aromatic carbocycles. The van der Waals surface area contributed by atoms with E-state index < -0.39 is 0 Å². The fourth-order valence-corrected chi connectivity index (χ4v) is 7.21. The van der Waals surface area contributed by atoms with Crippen LogP contribution in [0.5, 0.6) is 0 Å². The van der Waals surface area contributed by atoms with Gasteiger partial charge in [-0.1, -0.05) is 84.9 Å². The van der Waals surface area contributed by atoms with E-state index in [9.17, 15) is 8.78 Å². The van der Waals surface area contributed by atoms with Gasteiger partial charge in [0.15, 0.2) is 0 Å². The minimum atomic E-state index is -0.358. The maximum Gasteiger partial charge on any atom is 0.147 e. The van der Waals surface area contributed by atoms with Crippen LogP contribution >= 0.6 is 0 Å². The van der Waals surface area contributed by atoms with Crippen molar-refractivity contribution in [2.75, 3.05) is 0 Å². The minimum absolute atomic E-state index is 0.358. The van der Waals surface area contributed by atoms with E-state index in [2.05, 4.69) is 28.8 Å². The number of halogens is 2. The Labute approximate surface area is 290 Å². The first kappa shape index (κ1) is 29.0. The van der Waals surface area contributed by atoms with E-state index in [-0.39, 0.29) is 11.6 Å². The molecule has 242 valence electrons. The zero-order chi connectivity index (χ0) is 34.1. The zero-order valence-electron chi connectivity index (χ0n) is 27.0. The molecule has 6 nitrogen and oxygen atoms in total. The van der Waals surface area contributed by atoms with E-state index in [0.717, 1.165) is 49.6 Å². The molecule has 0 unspecified atom stereocenters. The number of aromatic nitrogens is 6. The Balaban J connectivity index is 1.35. The van der Waals surface area contributed by atoms with E-state index in [4.69, 9.17) is 15.0 Å². The predicted molar refractivity (Wildman–Crippen MR) is 199 cm³/mol. The number of fused-ring (bicyclic) bond motifs is 5. The summed E-state index contributed by atoms with van der Waals surface area (Å²) < 4.78 is 35.7. The summed E-state index contributed by atoms with van der Waals surface area (Å²) >= 11 is 0. The SMILES string of the molecule is Fc1cccc(-c2nc3ccccc3n2-c2cc(-n3c4ccccc4c4ccccc43)cc(-n3c(-c4cccc(F)c4)nc4ccccc43)n2)c1. The number of nitrogens with zero attached hydrogens (tertiary/aromatic N) is 6. The van der Waals surface area contributed by atoms with Crippen LogP contribution < -0.4 is 0 Å². The summed E-state index contributed by atoms with van der Waals surface area (Å²) in [6.07, 6.45) is 0. The summed E-state index contributed by atoms with van der Waals surface area (Å²) in [4.78, 5) is 15.3. The molecule has 0 amide bonds. The third kappa shape index (κ3) is 4.64. The van der Waals surface area contributed by atoms with Gasteiger partial charge in [-0.3, -0.25) is 9.13 Å². The Morgan fingerprint density at radius 1 is 0.373 bits per heavy atom. The number of benzene rings is 6. The number of hydrogen-bond donors (Lipinski definition) is 0. The van der Waals surface area contributed by atoms with Gasteiger partial charge in [0.05, 0.1) is 38.8 Å². The maximum atomic E-state index is 14.7. The lowest BCUT2D eigenvalue weighted by Gasteiger charge is -2.17. The predicted octanol–water partition coefficient (Wildman–Crippen LogP) is 10.5. The van der Waals surface area contributed by atoms with Crippen molar-refractivity contribution in [3.8, 4) is 40.1 Å². The van der Waals surface area contributed by atoms with E-state index in [1.165, 1.54) is 24.3 Å². The summed E-state index contributed by atoms with van der Waals surface area (Å²) in [5.41, 5.74) is 7.26. The second-order valence-corrected chi connectivity index (χ2v) is 12.5. The minimum Gasteiger partial charge on any atom is -0.309 e. The van der Waals surface area contributed by atoms with E-state index >= 15 is 0 Å². The molecule has 10 rings (SSSR count). The Morgan fingerprint density at radius 2 is 0.804 bits per heavy atom. The highest BCUT2D eigenvalue weighted by atomic mass is 19.1. The van der Waals surface area contributed by atoms with Crippen LogP contribution in [0.25, 0.3) is 84.0 Å². The maximum absolute atomic E-state index is 14.7. The van der Waals surface area contributed by atoms with E-state index in [1.54, 1.807) is 12.1 Å². The molecule has 0 radical (unpaired) electrons. The number of rotatable bonds is 5. The van der Waals surface area contributed by atoms with Gasteiger partial charge in [-0.15, -0.1) is 0 Å². The molecular formula is C43H26F2N6. The monoisotopic (exact) mass is 664 g/mol. The Bertz CT molecular complexity index is 2780. The van der Waals surface area contributed by atoms with Gasteiger partial charge in [-0.05, 0) is 60.7 Å². The van der Waals surface area contributed by atoms with Crippen molar-refractivity contribution < 1.29 is 8.78 Å². The molecule has 10 aromatic rings. The molecular weight excluding hydrogens is 639 g/mol. The first-order valence-corrected chi connectivity index (χ1v) is 16.6. The van der Waals surface area contributed by atoms with Crippen molar-refractivity contribution in [3.63, 3.8) is 0 Å². The van der Waals surface area contributed by atoms with Crippen LogP contribution in [0.15, 0.2) is 158 Å². The molecule has 51 heavy (non-hydrogen) atoms. The summed E-state index contributed by atoms with van der Waals surface area (Å²) in [5.74, 6) is 1.52. The van der Waals surface area contributed by atoms with Crippen LogP contribution in [0.2, 0.25) is 0 Å². The van der Waals surface area contributed by atoms with Gasteiger partial charge in [0, 0.05) is 34.0 Å². The molecule has 4 aromatic heterocycles.